The molecule has 0 bridgehead atoms. The van der Waals surface area contributed by atoms with Crippen molar-refractivity contribution in [3.05, 3.63) is 40.3 Å². The molecule has 5 nitrogen and oxygen atoms in total. The molecule has 104 valence electrons. The molecular formula is C14H15N3O2S. The number of hydrogen-bond acceptors (Lipinski definition) is 4. The van der Waals surface area contributed by atoms with Crippen molar-refractivity contribution in [1.29, 1.82) is 0 Å². The second-order valence-corrected chi connectivity index (χ2v) is 5.27. The number of aliphatic hydroxyl groups excluding tert-OH is 1. The van der Waals surface area contributed by atoms with Gasteiger partial charge in [-0.25, -0.2) is 0 Å². The van der Waals surface area contributed by atoms with Gasteiger partial charge in [0.05, 0.1) is 11.4 Å². The van der Waals surface area contributed by atoms with Gasteiger partial charge in [0, 0.05) is 17.3 Å². The van der Waals surface area contributed by atoms with Gasteiger partial charge in [-0.05, 0) is 25.1 Å². The van der Waals surface area contributed by atoms with Gasteiger partial charge in [0.25, 0.3) is 0 Å². The summed E-state index contributed by atoms with van der Waals surface area (Å²) in [7, 11) is 0. The Hall–Kier alpha value is -2.10. The number of carbonyl (C=O) groups excluding carboxylic acids is 1. The van der Waals surface area contributed by atoms with Gasteiger partial charge in [-0.2, -0.15) is 5.10 Å². The van der Waals surface area contributed by atoms with Crippen LogP contribution in [0.5, 0.6) is 0 Å². The van der Waals surface area contributed by atoms with Crippen LogP contribution < -0.4 is 5.32 Å². The third-order valence-electron chi connectivity index (χ3n) is 2.69. The fourth-order valence-electron chi connectivity index (χ4n) is 1.62. The molecule has 2 N–H and O–H groups in total. The number of nitrogens with zero attached hydrogens (tertiary/aromatic N) is 2. The maximum Gasteiger partial charge on any atom is 0.244 e. The van der Waals surface area contributed by atoms with Crippen molar-refractivity contribution in [3.8, 4) is 11.8 Å². The van der Waals surface area contributed by atoms with Crippen molar-refractivity contribution < 1.29 is 9.90 Å². The van der Waals surface area contributed by atoms with E-state index >= 15 is 0 Å². The van der Waals surface area contributed by atoms with Gasteiger partial charge in [0.15, 0.2) is 0 Å². The standard InChI is InChI=1S/C14H15N3O2S/c1-11(17-8-3-7-16-17)14(19)15-10-13-6-5-12(20-13)4-2-9-18/h3,5-8,11,18H,9-10H2,1H3,(H,15,19). The zero-order valence-corrected chi connectivity index (χ0v) is 11.9. The highest BCUT2D eigenvalue weighted by atomic mass is 32.1. The molecule has 1 unspecified atom stereocenters. The van der Waals surface area contributed by atoms with Gasteiger partial charge in [0.2, 0.25) is 5.91 Å². The molecule has 0 saturated carbocycles. The molecule has 20 heavy (non-hydrogen) atoms. The van der Waals surface area contributed by atoms with E-state index in [2.05, 4.69) is 22.3 Å². The normalized spacial score (nSPS) is 11.5. The van der Waals surface area contributed by atoms with Crippen LogP contribution in [-0.4, -0.2) is 27.4 Å². The monoisotopic (exact) mass is 289 g/mol. The zero-order chi connectivity index (χ0) is 14.4. The van der Waals surface area contributed by atoms with Crippen molar-refractivity contribution in [2.24, 2.45) is 0 Å². The highest BCUT2D eigenvalue weighted by Crippen LogP contribution is 2.15. The molecule has 0 aromatic carbocycles. The van der Waals surface area contributed by atoms with Crippen LogP contribution in [0.3, 0.4) is 0 Å². The fourth-order valence-corrected chi connectivity index (χ4v) is 2.44. The third-order valence-corrected chi connectivity index (χ3v) is 3.69. The van der Waals surface area contributed by atoms with Gasteiger partial charge < -0.3 is 10.4 Å². The topological polar surface area (TPSA) is 67.2 Å². The second kappa shape index (κ2) is 6.89. The minimum absolute atomic E-state index is 0.0786. The van der Waals surface area contributed by atoms with Crippen LogP contribution in [0, 0.1) is 11.8 Å². The quantitative estimate of drug-likeness (QED) is 0.830. The van der Waals surface area contributed by atoms with Crippen LogP contribution >= 0.6 is 11.3 Å². The Morgan fingerprint density at radius 1 is 1.60 bits per heavy atom. The molecular weight excluding hydrogens is 274 g/mol. The van der Waals surface area contributed by atoms with E-state index in [-0.39, 0.29) is 18.6 Å². The molecule has 2 heterocycles. The summed E-state index contributed by atoms with van der Waals surface area (Å²) in [4.78, 5) is 13.9. The lowest BCUT2D eigenvalue weighted by Gasteiger charge is -2.11. The fraction of sp³-hybridized carbons (Fsp3) is 0.286. The number of amides is 1. The van der Waals surface area contributed by atoms with Crippen LogP contribution in [0.1, 0.15) is 22.7 Å². The molecule has 0 aliphatic rings. The molecule has 0 fully saturated rings. The van der Waals surface area contributed by atoms with Gasteiger partial charge >= 0.3 is 0 Å². The van der Waals surface area contributed by atoms with Crippen LogP contribution in [0.2, 0.25) is 0 Å². The van der Waals surface area contributed by atoms with Crippen molar-refractivity contribution in [2.75, 3.05) is 6.61 Å². The van der Waals surface area contributed by atoms with Gasteiger partial charge in [0.1, 0.15) is 12.6 Å². The third kappa shape index (κ3) is 3.70. The van der Waals surface area contributed by atoms with Crippen LogP contribution in [0.4, 0.5) is 0 Å². The predicted octanol–water partition coefficient (Wildman–Crippen LogP) is 1.17. The number of aliphatic hydroxyl groups is 1. The van der Waals surface area contributed by atoms with E-state index in [9.17, 15) is 4.79 Å². The molecule has 6 heteroatoms. The van der Waals surface area contributed by atoms with Gasteiger partial charge in [-0.1, -0.05) is 11.8 Å². The predicted molar refractivity (Wildman–Crippen MR) is 77.1 cm³/mol. The maximum absolute atomic E-state index is 12.0. The lowest BCUT2D eigenvalue weighted by Crippen LogP contribution is -2.30. The van der Waals surface area contributed by atoms with Crippen molar-refractivity contribution >= 4 is 17.2 Å². The Balaban J connectivity index is 1.88. The van der Waals surface area contributed by atoms with Crippen LogP contribution in [0.15, 0.2) is 30.6 Å². The first-order chi connectivity index (χ1) is 9.70. The number of carbonyl (C=O) groups is 1. The Labute approximate surface area is 121 Å². The molecule has 0 aliphatic heterocycles. The van der Waals surface area contributed by atoms with E-state index in [1.54, 1.807) is 30.1 Å². The average molecular weight is 289 g/mol. The molecule has 0 aliphatic carbocycles. The summed E-state index contributed by atoms with van der Waals surface area (Å²) in [5.41, 5.74) is 0. The van der Waals surface area contributed by atoms with Gasteiger partial charge in [-0.15, -0.1) is 11.3 Å². The summed E-state index contributed by atoms with van der Waals surface area (Å²) in [6.45, 7) is 2.12. The first-order valence-corrected chi connectivity index (χ1v) is 6.97. The lowest BCUT2D eigenvalue weighted by molar-refractivity contribution is -0.124. The number of rotatable bonds is 4. The first kappa shape index (κ1) is 14.3. The highest BCUT2D eigenvalue weighted by molar-refractivity contribution is 7.12. The average Bonchev–Trinajstić information content (AvgIpc) is 3.13. The zero-order valence-electron chi connectivity index (χ0n) is 11.0. The van der Waals surface area contributed by atoms with Crippen molar-refractivity contribution in [3.63, 3.8) is 0 Å². The summed E-state index contributed by atoms with van der Waals surface area (Å²) in [6.07, 6.45) is 3.41. The molecule has 2 rings (SSSR count). The van der Waals surface area contributed by atoms with E-state index < -0.39 is 0 Å². The maximum atomic E-state index is 12.0. The van der Waals surface area contributed by atoms with E-state index in [1.165, 1.54) is 11.3 Å². The number of nitrogens with one attached hydrogen (secondary N) is 1. The molecule has 1 atom stereocenters. The Morgan fingerprint density at radius 2 is 2.45 bits per heavy atom. The molecule has 0 radical (unpaired) electrons. The summed E-state index contributed by atoms with van der Waals surface area (Å²) in [6, 6.07) is 5.25. The summed E-state index contributed by atoms with van der Waals surface area (Å²) in [5, 5.41) is 15.5. The Morgan fingerprint density at radius 3 is 3.15 bits per heavy atom. The summed E-state index contributed by atoms with van der Waals surface area (Å²) < 4.78 is 1.61. The minimum atomic E-state index is -0.335. The minimum Gasteiger partial charge on any atom is -0.384 e. The van der Waals surface area contributed by atoms with Crippen molar-refractivity contribution in [1.82, 2.24) is 15.1 Å². The van der Waals surface area contributed by atoms with Gasteiger partial charge in [-0.3, -0.25) is 9.48 Å². The SMILES string of the molecule is CC(C(=O)NCc1ccc(C#CCO)s1)n1cccn1. The van der Waals surface area contributed by atoms with E-state index in [1.807, 2.05) is 12.1 Å². The number of hydrogen-bond donors (Lipinski definition) is 2. The van der Waals surface area contributed by atoms with E-state index in [0.717, 1.165) is 9.75 Å². The second-order valence-electron chi connectivity index (χ2n) is 4.11. The Kier molecular flexibility index (Phi) is 4.93. The molecule has 1 amide bonds. The first-order valence-electron chi connectivity index (χ1n) is 6.16. The molecule has 0 saturated heterocycles. The molecule has 2 aromatic heterocycles. The summed E-state index contributed by atoms with van der Waals surface area (Å²) in [5.74, 6) is 5.36. The Bertz CT molecular complexity index is 622. The smallest absolute Gasteiger partial charge is 0.244 e. The lowest BCUT2D eigenvalue weighted by atomic mass is 10.3. The van der Waals surface area contributed by atoms with E-state index in [0.29, 0.717) is 6.54 Å². The summed E-state index contributed by atoms with van der Waals surface area (Å²) >= 11 is 1.50. The molecule has 2 aromatic rings. The highest BCUT2D eigenvalue weighted by Gasteiger charge is 2.14. The van der Waals surface area contributed by atoms with Crippen molar-refractivity contribution in [2.45, 2.75) is 19.5 Å². The number of thiophene rings is 1. The van der Waals surface area contributed by atoms with Crippen LogP contribution in [-0.2, 0) is 11.3 Å². The van der Waals surface area contributed by atoms with Crippen LogP contribution in [0.25, 0.3) is 0 Å². The van der Waals surface area contributed by atoms with E-state index in [4.69, 9.17) is 5.11 Å². The largest absolute Gasteiger partial charge is 0.384 e. The number of aromatic nitrogens is 2. The molecule has 0 spiro atoms.